The average Bonchev–Trinajstić information content (AvgIpc) is 2.59. The van der Waals surface area contributed by atoms with Gasteiger partial charge in [-0.3, -0.25) is 0 Å². The number of fused-ring (bicyclic) bond motifs is 1. The second-order valence-corrected chi connectivity index (χ2v) is 4.01. The van der Waals surface area contributed by atoms with Crippen molar-refractivity contribution in [1.29, 1.82) is 0 Å². The number of hydrogen-bond acceptors (Lipinski definition) is 2. The molecule has 2 aromatic rings. The second-order valence-electron chi connectivity index (χ2n) is 2.81. The molecule has 15 heavy (non-hydrogen) atoms. The molecule has 78 valence electrons. The molecule has 0 aliphatic rings. The highest BCUT2D eigenvalue weighted by Crippen LogP contribution is 2.37. The first-order valence-electron chi connectivity index (χ1n) is 3.81. The van der Waals surface area contributed by atoms with Crippen LogP contribution in [0.1, 0.15) is 10.6 Å². The third kappa shape index (κ3) is 1.67. The lowest BCUT2D eigenvalue weighted by atomic mass is 10.2. The van der Waals surface area contributed by atoms with Crippen LogP contribution in [0.15, 0.2) is 16.5 Å². The maximum absolute atomic E-state index is 10.7. The minimum absolute atomic E-state index is 0.225. The maximum atomic E-state index is 10.7. The Bertz CT molecular complexity index is 559. The molecule has 6 heteroatoms. The van der Waals surface area contributed by atoms with E-state index < -0.39 is 5.97 Å². The van der Waals surface area contributed by atoms with E-state index in [9.17, 15) is 4.79 Å². The van der Waals surface area contributed by atoms with Crippen LogP contribution in [-0.4, -0.2) is 11.1 Å². The molecule has 0 radical (unpaired) electrons. The zero-order valence-electron chi connectivity index (χ0n) is 7.05. The van der Waals surface area contributed by atoms with E-state index in [1.54, 1.807) is 0 Å². The van der Waals surface area contributed by atoms with Crippen molar-refractivity contribution in [2.24, 2.45) is 0 Å². The predicted molar refractivity (Wildman–Crippen MR) is 58.2 cm³/mol. The molecular formula is C9H3Cl3O3. The van der Waals surface area contributed by atoms with Gasteiger partial charge in [0.25, 0.3) is 0 Å². The lowest BCUT2D eigenvalue weighted by Gasteiger charge is -1.97. The van der Waals surface area contributed by atoms with Crippen LogP contribution in [0.3, 0.4) is 0 Å². The van der Waals surface area contributed by atoms with Gasteiger partial charge in [0.05, 0.1) is 15.1 Å². The Morgan fingerprint density at radius 2 is 1.87 bits per heavy atom. The van der Waals surface area contributed by atoms with Gasteiger partial charge in [-0.05, 0) is 6.07 Å². The van der Waals surface area contributed by atoms with Crippen LogP contribution in [0.2, 0.25) is 15.1 Å². The van der Waals surface area contributed by atoms with Crippen LogP contribution in [0.5, 0.6) is 0 Å². The molecule has 0 fully saturated rings. The van der Waals surface area contributed by atoms with Crippen LogP contribution in [-0.2, 0) is 0 Å². The van der Waals surface area contributed by atoms with Gasteiger partial charge in [0.2, 0.25) is 5.76 Å². The fourth-order valence-electron chi connectivity index (χ4n) is 1.21. The molecule has 0 saturated carbocycles. The van der Waals surface area contributed by atoms with Crippen molar-refractivity contribution in [3.8, 4) is 0 Å². The maximum Gasteiger partial charge on any atom is 0.371 e. The van der Waals surface area contributed by atoms with Crippen molar-refractivity contribution in [3.63, 3.8) is 0 Å². The molecule has 0 atom stereocenters. The predicted octanol–water partition coefficient (Wildman–Crippen LogP) is 4.09. The van der Waals surface area contributed by atoms with Crippen molar-refractivity contribution in [3.05, 3.63) is 33.0 Å². The van der Waals surface area contributed by atoms with E-state index in [0.29, 0.717) is 5.39 Å². The Hall–Kier alpha value is -0.900. The Kier molecular flexibility index (Phi) is 2.54. The summed E-state index contributed by atoms with van der Waals surface area (Å²) in [4.78, 5) is 10.7. The lowest BCUT2D eigenvalue weighted by molar-refractivity contribution is 0.0665. The Morgan fingerprint density at radius 3 is 2.47 bits per heavy atom. The van der Waals surface area contributed by atoms with Gasteiger partial charge in [-0.2, -0.15) is 0 Å². The summed E-state index contributed by atoms with van der Waals surface area (Å²) in [5.74, 6) is -1.41. The van der Waals surface area contributed by atoms with Gasteiger partial charge in [-0.25, -0.2) is 4.79 Å². The van der Waals surface area contributed by atoms with Crippen molar-refractivity contribution in [1.82, 2.24) is 0 Å². The number of carboxylic acid groups (broad SMARTS) is 1. The van der Waals surface area contributed by atoms with Gasteiger partial charge in [0.1, 0.15) is 0 Å². The minimum atomic E-state index is -1.19. The van der Waals surface area contributed by atoms with Crippen LogP contribution < -0.4 is 0 Å². The quantitative estimate of drug-likeness (QED) is 0.790. The molecule has 0 saturated heterocycles. The SMILES string of the molecule is O=C(O)c1cc2c(Cl)c(Cl)cc(Cl)c2o1. The Labute approximate surface area is 99.1 Å². The summed E-state index contributed by atoms with van der Waals surface area (Å²) in [5.41, 5.74) is 0.225. The Morgan fingerprint density at radius 1 is 1.20 bits per heavy atom. The number of rotatable bonds is 1. The number of hydrogen-bond donors (Lipinski definition) is 1. The summed E-state index contributed by atoms with van der Waals surface area (Å²) >= 11 is 17.5. The zero-order chi connectivity index (χ0) is 11.2. The molecule has 0 bridgehead atoms. The standard InChI is InChI=1S/C9H3Cl3O3/c10-4-2-5(11)8-3(7(4)12)1-6(15-8)9(13)14/h1-2H,(H,13,14). The number of aromatic carboxylic acids is 1. The van der Waals surface area contributed by atoms with Crippen LogP contribution >= 0.6 is 34.8 Å². The fourth-order valence-corrected chi connectivity index (χ4v) is 1.92. The molecule has 0 aliphatic carbocycles. The van der Waals surface area contributed by atoms with E-state index in [2.05, 4.69) is 0 Å². The van der Waals surface area contributed by atoms with Crippen molar-refractivity contribution < 1.29 is 14.3 Å². The molecule has 3 nitrogen and oxygen atoms in total. The first-order valence-corrected chi connectivity index (χ1v) is 4.94. The number of carboxylic acids is 1. The molecule has 1 heterocycles. The van der Waals surface area contributed by atoms with Crippen LogP contribution in [0.25, 0.3) is 11.0 Å². The number of carbonyl (C=O) groups is 1. The van der Waals surface area contributed by atoms with Gasteiger partial charge in [-0.1, -0.05) is 34.8 Å². The summed E-state index contributed by atoms with van der Waals surface area (Å²) in [7, 11) is 0. The van der Waals surface area contributed by atoms with Gasteiger partial charge in [-0.15, -0.1) is 0 Å². The van der Waals surface area contributed by atoms with Gasteiger partial charge >= 0.3 is 5.97 Å². The van der Waals surface area contributed by atoms with Crippen molar-refractivity contribution in [2.75, 3.05) is 0 Å². The third-order valence-electron chi connectivity index (χ3n) is 1.86. The molecule has 1 N–H and O–H groups in total. The summed E-state index contributed by atoms with van der Waals surface area (Å²) < 4.78 is 5.02. The van der Waals surface area contributed by atoms with Crippen molar-refractivity contribution in [2.45, 2.75) is 0 Å². The summed E-state index contributed by atoms with van der Waals surface area (Å²) in [5, 5.41) is 9.83. The first kappa shape index (κ1) is 10.6. The molecule has 2 rings (SSSR count). The molecule has 0 aliphatic heterocycles. The minimum Gasteiger partial charge on any atom is -0.475 e. The van der Waals surface area contributed by atoms with Gasteiger partial charge in [0.15, 0.2) is 5.58 Å². The fraction of sp³-hybridized carbons (Fsp3) is 0. The molecule has 1 aromatic heterocycles. The van der Waals surface area contributed by atoms with Crippen LogP contribution in [0, 0.1) is 0 Å². The lowest BCUT2D eigenvalue weighted by Crippen LogP contribution is -1.91. The molecule has 1 aromatic carbocycles. The number of furan rings is 1. The van der Waals surface area contributed by atoms with E-state index in [1.165, 1.54) is 12.1 Å². The third-order valence-corrected chi connectivity index (χ3v) is 2.94. The summed E-state index contributed by atoms with van der Waals surface area (Å²) in [6, 6.07) is 2.70. The largest absolute Gasteiger partial charge is 0.475 e. The highest BCUT2D eigenvalue weighted by Gasteiger charge is 2.17. The van der Waals surface area contributed by atoms with E-state index in [0.717, 1.165) is 0 Å². The van der Waals surface area contributed by atoms with Gasteiger partial charge < -0.3 is 9.52 Å². The second kappa shape index (κ2) is 3.59. The number of halogens is 3. The summed E-state index contributed by atoms with van der Waals surface area (Å²) in [6.45, 7) is 0. The van der Waals surface area contributed by atoms with Gasteiger partial charge in [0, 0.05) is 11.5 Å². The monoisotopic (exact) mass is 264 g/mol. The highest BCUT2D eigenvalue weighted by atomic mass is 35.5. The molecule has 0 unspecified atom stereocenters. The molecule has 0 spiro atoms. The first-order chi connectivity index (χ1) is 7.00. The van der Waals surface area contributed by atoms with E-state index >= 15 is 0 Å². The molecular weight excluding hydrogens is 262 g/mol. The normalized spacial score (nSPS) is 10.9. The van der Waals surface area contributed by atoms with E-state index in [1.807, 2.05) is 0 Å². The highest BCUT2D eigenvalue weighted by molar-refractivity contribution is 6.47. The topological polar surface area (TPSA) is 50.4 Å². The summed E-state index contributed by atoms with van der Waals surface area (Å²) in [6.07, 6.45) is 0. The molecule has 0 amide bonds. The van der Waals surface area contributed by atoms with E-state index in [-0.39, 0.29) is 26.4 Å². The smallest absolute Gasteiger partial charge is 0.371 e. The zero-order valence-corrected chi connectivity index (χ0v) is 9.32. The van der Waals surface area contributed by atoms with E-state index in [4.69, 9.17) is 44.3 Å². The average molecular weight is 265 g/mol. The number of benzene rings is 1. The Balaban J connectivity index is 2.85. The van der Waals surface area contributed by atoms with Crippen LogP contribution in [0.4, 0.5) is 0 Å². The van der Waals surface area contributed by atoms with Crippen molar-refractivity contribution >= 4 is 51.7 Å².